The highest BCUT2D eigenvalue weighted by Crippen LogP contribution is 2.46. The average Bonchev–Trinajstić information content (AvgIpc) is 3.75. The van der Waals surface area contributed by atoms with Crippen molar-refractivity contribution in [3.8, 4) is 11.6 Å². The minimum absolute atomic E-state index is 0.000425. The van der Waals surface area contributed by atoms with E-state index in [0.29, 0.717) is 11.4 Å². The fourth-order valence-corrected chi connectivity index (χ4v) is 5.80. The number of nitrogens with zero attached hydrogens (tertiary/aromatic N) is 2. The Morgan fingerprint density at radius 3 is 2.26 bits per heavy atom. The average molecular weight is 563 g/mol. The van der Waals surface area contributed by atoms with Gasteiger partial charge in [0.15, 0.2) is 9.84 Å². The molecule has 1 fully saturated rings. The van der Waals surface area contributed by atoms with E-state index in [4.69, 9.17) is 4.74 Å². The van der Waals surface area contributed by atoms with Crippen LogP contribution >= 0.6 is 0 Å². The lowest BCUT2D eigenvalue weighted by molar-refractivity contribution is -0.135. The Hall–Kier alpha value is -3.60. The van der Waals surface area contributed by atoms with Crippen LogP contribution in [-0.4, -0.2) is 43.2 Å². The van der Waals surface area contributed by atoms with Crippen molar-refractivity contribution in [1.29, 1.82) is 0 Å². The topological polar surface area (TPSA) is 85.8 Å². The van der Waals surface area contributed by atoms with Crippen LogP contribution < -0.4 is 9.47 Å². The Bertz CT molecular complexity index is 1360. The van der Waals surface area contributed by atoms with Crippen molar-refractivity contribution in [3.63, 3.8) is 0 Å². The summed E-state index contributed by atoms with van der Waals surface area (Å²) >= 11 is 0. The quantitative estimate of drug-likeness (QED) is 0.269. The van der Waals surface area contributed by atoms with E-state index in [1.807, 2.05) is 0 Å². The van der Waals surface area contributed by atoms with Crippen LogP contribution in [0.1, 0.15) is 43.4 Å². The van der Waals surface area contributed by atoms with Crippen LogP contribution in [0, 0.1) is 11.7 Å². The van der Waals surface area contributed by atoms with Gasteiger partial charge in [0, 0.05) is 25.2 Å². The SMILES string of the molecule is COc1ccc(CN(C(=O)CC(C)S(=O)(=O)c2ccc(F)cc2)C(c2ccc(OC(F)F)cc2)C2CC2)cn1. The van der Waals surface area contributed by atoms with E-state index in [0.717, 1.165) is 30.5 Å². The molecule has 1 amide bonds. The zero-order valence-electron chi connectivity index (χ0n) is 21.5. The van der Waals surface area contributed by atoms with Gasteiger partial charge in [0.2, 0.25) is 11.8 Å². The summed E-state index contributed by atoms with van der Waals surface area (Å²) in [6.45, 7) is -1.36. The van der Waals surface area contributed by atoms with Gasteiger partial charge in [0.1, 0.15) is 11.6 Å². The first-order valence-electron chi connectivity index (χ1n) is 12.4. The van der Waals surface area contributed by atoms with Gasteiger partial charge in [0.25, 0.3) is 0 Å². The van der Waals surface area contributed by atoms with Crippen molar-refractivity contribution in [2.24, 2.45) is 5.92 Å². The first-order chi connectivity index (χ1) is 18.6. The van der Waals surface area contributed by atoms with Gasteiger partial charge in [-0.25, -0.2) is 17.8 Å². The van der Waals surface area contributed by atoms with Crippen molar-refractivity contribution < 1.29 is 35.9 Å². The predicted molar refractivity (Wildman–Crippen MR) is 138 cm³/mol. The van der Waals surface area contributed by atoms with Crippen LogP contribution in [0.3, 0.4) is 0 Å². The maximum atomic E-state index is 13.8. The lowest BCUT2D eigenvalue weighted by Crippen LogP contribution is -2.38. The van der Waals surface area contributed by atoms with Crippen LogP contribution in [0.2, 0.25) is 0 Å². The van der Waals surface area contributed by atoms with Gasteiger partial charge in [-0.15, -0.1) is 0 Å². The van der Waals surface area contributed by atoms with Crippen molar-refractivity contribution in [1.82, 2.24) is 9.88 Å². The van der Waals surface area contributed by atoms with E-state index >= 15 is 0 Å². The molecule has 3 aromatic rings. The second-order valence-corrected chi connectivity index (χ2v) is 11.8. The second-order valence-electron chi connectivity index (χ2n) is 9.47. The van der Waals surface area contributed by atoms with Crippen LogP contribution in [0.15, 0.2) is 71.8 Å². The van der Waals surface area contributed by atoms with Gasteiger partial charge in [-0.2, -0.15) is 8.78 Å². The van der Waals surface area contributed by atoms with Gasteiger partial charge < -0.3 is 14.4 Å². The molecule has 0 spiro atoms. The number of alkyl halides is 2. The molecule has 11 heteroatoms. The molecule has 1 heterocycles. The molecule has 0 saturated heterocycles. The number of aromatic nitrogens is 1. The van der Waals surface area contributed by atoms with Crippen molar-refractivity contribution >= 4 is 15.7 Å². The van der Waals surface area contributed by atoms with Gasteiger partial charge >= 0.3 is 6.61 Å². The Labute approximate surface area is 225 Å². The van der Waals surface area contributed by atoms with E-state index in [1.165, 1.54) is 38.3 Å². The van der Waals surface area contributed by atoms with Gasteiger partial charge in [-0.3, -0.25) is 4.79 Å². The highest BCUT2D eigenvalue weighted by atomic mass is 32.2. The molecule has 1 aromatic heterocycles. The number of carbonyl (C=O) groups is 1. The Balaban J connectivity index is 1.64. The lowest BCUT2D eigenvalue weighted by atomic mass is 9.99. The molecule has 7 nitrogen and oxygen atoms in total. The molecular weight excluding hydrogens is 533 g/mol. The smallest absolute Gasteiger partial charge is 0.387 e. The number of rotatable bonds is 12. The van der Waals surface area contributed by atoms with Gasteiger partial charge in [-0.05, 0) is 73.2 Å². The van der Waals surface area contributed by atoms with E-state index < -0.39 is 39.5 Å². The Kier molecular flexibility index (Phi) is 8.79. The number of halogens is 3. The fourth-order valence-electron chi connectivity index (χ4n) is 4.46. The van der Waals surface area contributed by atoms with E-state index in [-0.39, 0.29) is 29.5 Å². The number of benzene rings is 2. The molecule has 4 rings (SSSR count). The zero-order chi connectivity index (χ0) is 28.2. The van der Waals surface area contributed by atoms with Crippen molar-refractivity contribution in [2.75, 3.05) is 7.11 Å². The maximum absolute atomic E-state index is 13.8. The molecule has 2 unspecified atom stereocenters. The van der Waals surface area contributed by atoms with Crippen LogP contribution in [0.25, 0.3) is 0 Å². The van der Waals surface area contributed by atoms with Crippen LogP contribution in [0.5, 0.6) is 11.6 Å². The summed E-state index contributed by atoms with van der Waals surface area (Å²) in [6, 6.07) is 13.7. The molecule has 2 atom stereocenters. The normalized spacial score (nSPS) is 15.0. The molecule has 1 aliphatic rings. The molecule has 0 radical (unpaired) electrons. The molecule has 1 aliphatic carbocycles. The summed E-state index contributed by atoms with van der Waals surface area (Å²) in [6.07, 6.45) is 2.99. The number of hydrogen-bond donors (Lipinski definition) is 0. The number of hydrogen-bond acceptors (Lipinski definition) is 6. The van der Waals surface area contributed by atoms with Crippen molar-refractivity contribution in [2.45, 2.75) is 55.5 Å². The first-order valence-corrected chi connectivity index (χ1v) is 14.0. The number of methoxy groups -OCH3 is 1. The molecule has 0 N–H and O–H groups in total. The molecule has 39 heavy (non-hydrogen) atoms. The molecule has 208 valence electrons. The third kappa shape index (κ3) is 7.08. The summed E-state index contributed by atoms with van der Waals surface area (Å²) in [5.74, 6) is -0.433. The van der Waals surface area contributed by atoms with Gasteiger partial charge in [0.05, 0.1) is 23.3 Å². The molecule has 0 bridgehead atoms. The molecular formula is C28H29F3N2O5S. The number of ether oxygens (including phenoxy) is 2. The van der Waals surface area contributed by atoms with E-state index in [2.05, 4.69) is 9.72 Å². The lowest BCUT2D eigenvalue weighted by Gasteiger charge is -2.33. The fraction of sp³-hybridized carbons (Fsp3) is 0.357. The third-order valence-electron chi connectivity index (χ3n) is 6.67. The van der Waals surface area contributed by atoms with Crippen LogP contribution in [0.4, 0.5) is 13.2 Å². The minimum atomic E-state index is -3.91. The number of pyridine rings is 1. The maximum Gasteiger partial charge on any atom is 0.387 e. The minimum Gasteiger partial charge on any atom is -0.481 e. The third-order valence-corrected chi connectivity index (χ3v) is 8.82. The predicted octanol–water partition coefficient (Wildman–Crippen LogP) is 5.56. The standard InChI is InChI=1S/C28H29F3N2O5S/c1-18(39(35,36)24-12-8-22(29)9-13-24)15-26(34)33(17-19-3-14-25(37-2)32-16-19)27(20-4-5-20)21-6-10-23(11-7-21)38-28(30)31/h3,6-14,16,18,20,27-28H,4-5,15,17H2,1-2H3. The highest BCUT2D eigenvalue weighted by molar-refractivity contribution is 7.92. The Morgan fingerprint density at radius 1 is 1.05 bits per heavy atom. The number of amides is 1. The monoisotopic (exact) mass is 562 g/mol. The highest BCUT2D eigenvalue weighted by Gasteiger charge is 2.39. The molecule has 0 aliphatic heterocycles. The summed E-state index contributed by atoms with van der Waals surface area (Å²) in [7, 11) is -2.42. The summed E-state index contributed by atoms with van der Waals surface area (Å²) in [5.41, 5.74) is 1.43. The summed E-state index contributed by atoms with van der Waals surface area (Å²) in [5, 5.41) is -1.08. The first kappa shape index (κ1) is 28.4. The second kappa shape index (κ2) is 12.1. The Morgan fingerprint density at radius 2 is 1.72 bits per heavy atom. The van der Waals surface area contributed by atoms with Crippen molar-refractivity contribution in [3.05, 3.63) is 83.8 Å². The summed E-state index contributed by atoms with van der Waals surface area (Å²) in [4.78, 5) is 19.6. The zero-order valence-corrected chi connectivity index (χ0v) is 22.3. The molecule has 1 saturated carbocycles. The van der Waals surface area contributed by atoms with Gasteiger partial charge in [-0.1, -0.05) is 18.2 Å². The molecule has 2 aromatic carbocycles. The number of carbonyl (C=O) groups excluding carboxylic acids is 1. The van der Waals surface area contributed by atoms with Crippen LogP contribution in [-0.2, 0) is 21.2 Å². The largest absolute Gasteiger partial charge is 0.481 e. The van der Waals surface area contributed by atoms with E-state index in [1.54, 1.807) is 35.4 Å². The van der Waals surface area contributed by atoms with E-state index in [9.17, 15) is 26.4 Å². The number of sulfone groups is 1. The summed E-state index contributed by atoms with van der Waals surface area (Å²) < 4.78 is 74.5.